The SMILES string of the molecule is O=C(NC1CCCC1)c1ccc(N2CCC(NCC3COc4ccccc4O3)CC2)cc1. The van der Waals surface area contributed by atoms with E-state index in [1.165, 1.54) is 18.5 Å². The minimum atomic E-state index is 0.0471. The molecule has 0 aromatic heterocycles. The van der Waals surface area contributed by atoms with Gasteiger partial charge in [-0.2, -0.15) is 0 Å². The van der Waals surface area contributed by atoms with Crippen molar-refractivity contribution in [1.82, 2.24) is 10.6 Å². The first-order chi connectivity index (χ1) is 15.7. The lowest BCUT2D eigenvalue weighted by atomic mass is 10.0. The minimum absolute atomic E-state index is 0.0471. The van der Waals surface area contributed by atoms with Crippen LogP contribution in [0.3, 0.4) is 0 Å². The highest BCUT2D eigenvalue weighted by Gasteiger charge is 2.24. The van der Waals surface area contributed by atoms with Crippen molar-refractivity contribution < 1.29 is 14.3 Å². The molecule has 2 aromatic rings. The number of ether oxygens (including phenoxy) is 2. The number of fused-ring (bicyclic) bond motifs is 1. The topological polar surface area (TPSA) is 62.8 Å². The second-order valence-electron chi connectivity index (χ2n) is 9.17. The van der Waals surface area contributed by atoms with Gasteiger partial charge in [-0.3, -0.25) is 4.79 Å². The molecule has 170 valence electrons. The minimum Gasteiger partial charge on any atom is -0.486 e. The highest BCUT2D eigenvalue weighted by molar-refractivity contribution is 5.94. The summed E-state index contributed by atoms with van der Waals surface area (Å²) in [5.41, 5.74) is 1.95. The van der Waals surface area contributed by atoms with Gasteiger partial charge in [0.05, 0.1) is 0 Å². The van der Waals surface area contributed by atoms with Gasteiger partial charge in [0.25, 0.3) is 5.91 Å². The molecule has 1 saturated carbocycles. The molecule has 2 heterocycles. The third-order valence-corrected chi connectivity index (χ3v) is 6.88. The predicted octanol–water partition coefficient (Wildman–Crippen LogP) is 3.76. The van der Waals surface area contributed by atoms with E-state index >= 15 is 0 Å². The highest BCUT2D eigenvalue weighted by atomic mass is 16.6. The number of anilines is 1. The summed E-state index contributed by atoms with van der Waals surface area (Å²) >= 11 is 0. The Hall–Kier alpha value is -2.73. The molecular formula is C26H33N3O3. The number of carbonyl (C=O) groups excluding carboxylic acids is 1. The zero-order chi connectivity index (χ0) is 21.8. The van der Waals surface area contributed by atoms with E-state index in [0.29, 0.717) is 18.7 Å². The molecule has 1 atom stereocenters. The van der Waals surface area contributed by atoms with Crippen LogP contribution in [0.2, 0.25) is 0 Å². The Balaban J connectivity index is 1.06. The van der Waals surface area contributed by atoms with Crippen LogP contribution >= 0.6 is 0 Å². The van der Waals surface area contributed by atoms with Gasteiger partial charge in [0.2, 0.25) is 0 Å². The van der Waals surface area contributed by atoms with Crippen LogP contribution in [-0.4, -0.2) is 50.3 Å². The first kappa shape index (κ1) is 21.1. The van der Waals surface area contributed by atoms with Crippen LogP contribution in [0.5, 0.6) is 11.5 Å². The van der Waals surface area contributed by atoms with E-state index in [4.69, 9.17) is 9.47 Å². The number of rotatable bonds is 6. The molecule has 32 heavy (non-hydrogen) atoms. The molecule has 2 aliphatic heterocycles. The first-order valence-electron chi connectivity index (χ1n) is 12.0. The predicted molar refractivity (Wildman–Crippen MR) is 126 cm³/mol. The molecule has 5 rings (SSSR count). The lowest BCUT2D eigenvalue weighted by Crippen LogP contribution is -2.47. The Bertz CT molecular complexity index is 903. The van der Waals surface area contributed by atoms with Crippen molar-refractivity contribution in [3.63, 3.8) is 0 Å². The molecule has 1 unspecified atom stereocenters. The number of carbonyl (C=O) groups is 1. The third kappa shape index (κ3) is 5.01. The number of hydrogen-bond acceptors (Lipinski definition) is 5. The van der Waals surface area contributed by atoms with Crippen LogP contribution < -0.4 is 25.0 Å². The second kappa shape index (κ2) is 9.82. The van der Waals surface area contributed by atoms with Gasteiger partial charge < -0.3 is 25.0 Å². The van der Waals surface area contributed by atoms with Crippen molar-refractivity contribution in [1.29, 1.82) is 0 Å². The summed E-state index contributed by atoms with van der Waals surface area (Å²) in [7, 11) is 0. The van der Waals surface area contributed by atoms with E-state index in [1.807, 2.05) is 36.4 Å². The molecule has 6 nitrogen and oxygen atoms in total. The maximum Gasteiger partial charge on any atom is 0.251 e. The number of amides is 1. The van der Waals surface area contributed by atoms with E-state index in [2.05, 4.69) is 27.7 Å². The Morgan fingerprint density at radius 2 is 1.62 bits per heavy atom. The lowest BCUT2D eigenvalue weighted by molar-refractivity contribution is 0.0873. The Kier molecular flexibility index (Phi) is 6.49. The molecule has 2 N–H and O–H groups in total. The third-order valence-electron chi connectivity index (χ3n) is 6.88. The molecule has 1 aliphatic carbocycles. The average molecular weight is 436 g/mol. The number of para-hydroxylation sites is 2. The summed E-state index contributed by atoms with van der Waals surface area (Å²) in [6.45, 7) is 3.40. The summed E-state index contributed by atoms with van der Waals surface area (Å²) in [6.07, 6.45) is 6.90. The van der Waals surface area contributed by atoms with Gasteiger partial charge in [0.15, 0.2) is 11.5 Å². The molecule has 3 aliphatic rings. The highest BCUT2D eigenvalue weighted by Crippen LogP contribution is 2.30. The van der Waals surface area contributed by atoms with Crippen molar-refractivity contribution >= 4 is 11.6 Å². The number of benzene rings is 2. The average Bonchev–Trinajstić information content (AvgIpc) is 3.36. The van der Waals surface area contributed by atoms with Gasteiger partial charge in [-0.1, -0.05) is 25.0 Å². The maximum atomic E-state index is 12.4. The van der Waals surface area contributed by atoms with Crippen LogP contribution in [0.4, 0.5) is 5.69 Å². The lowest BCUT2D eigenvalue weighted by Gasteiger charge is -2.35. The quantitative estimate of drug-likeness (QED) is 0.724. The molecule has 1 saturated heterocycles. The fraction of sp³-hybridized carbons (Fsp3) is 0.500. The molecule has 2 aromatic carbocycles. The van der Waals surface area contributed by atoms with Gasteiger partial charge in [-0.05, 0) is 62.1 Å². The number of nitrogens with zero attached hydrogens (tertiary/aromatic N) is 1. The van der Waals surface area contributed by atoms with Gasteiger partial charge in [-0.25, -0.2) is 0 Å². The number of nitrogens with one attached hydrogen (secondary N) is 2. The van der Waals surface area contributed by atoms with Gasteiger partial charge in [0.1, 0.15) is 12.7 Å². The first-order valence-corrected chi connectivity index (χ1v) is 12.0. The van der Waals surface area contributed by atoms with E-state index in [9.17, 15) is 4.79 Å². The van der Waals surface area contributed by atoms with Crippen molar-refractivity contribution in [3.05, 3.63) is 54.1 Å². The second-order valence-corrected chi connectivity index (χ2v) is 9.17. The molecule has 0 bridgehead atoms. The molecule has 6 heteroatoms. The fourth-order valence-corrected chi connectivity index (χ4v) is 4.97. The van der Waals surface area contributed by atoms with Crippen LogP contribution in [0.1, 0.15) is 48.9 Å². The smallest absolute Gasteiger partial charge is 0.251 e. The van der Waals surface area contributed by atoms with Crippen LogP contribution in [0.15, 0.2) is 48.5 Å². The Labute approximate surface area is 190 Å². The Morgan fingerprint density at radius 3 is 2.38 bits per heavy atom. The Morgan fingerprint density at radius 1 is 0.906 bits per heavy atom. The van der Waals surface area contributed by atoms with E-state index in [-0.39, 0.29) is 12.0 Å². The van der Waals surface area contributed by atoms with Crippen molar-refractivity contribution in [2.24, 2.45) is 0 Å². The van der Waals surface area contributed by atoms with Crippen LogP contribution in [0.25, 0.3) is 0 Å². The van der Waals surface area contributed by atoms with Crippen molar-refractivity contribution in [2.75, 3.05) is 31.1 Å². The van der Waals surface area contributed by atoms with Crippen molar-refractivity contribution in [2.45, 2.75) is 56.7 Å². The number of piperidine rings is 1. The maximum absolute atomic E-state index is 12.4. The normalized spacial score (nSPS) is 21.5. The van der Waals surface area contributed by atoms with Gasteiger partial charge in [0, 0.05) is 43.0 Å². The summed E-state index contributed by atoms with van der Waals surface area (Å²) < 4.78 is 11.9. The summed E-state index contributed by atoms with van der Waals surface area (Å²) in [4.78, 5) is 14.9. The summed E-state index contributed by atoms with van der Waals surface area (Å²) in [6, 6.07) is 16.8. The molecule has 2 fully saturated rings. The van der Waals surface area contributed by atoms with E-state index < -0.39 is 0 Å². The largest absolute Gasteiger partial charge is 0.486 e. The summed E-state index contributed by atoms with van der Waals surface area (Å²) in [5, 5.41) is 6.83. The molecule has 1 amide bonds. The van der Waals surface area contributed by atoms with Crippen molar-refractivity contribution in [3.8, 4) is 11.5 Å². The molecular weight excluding hydrogens is 402 g/mol. The van der Waals surface area contributed by atoms with E-state index in [1.54, 1.807) is 0 Å². The van der Waals surface area contributed by atoms with Crippen LogP contribution in [-0.2, 0) is 0 Å². The van der Waals surface area contributed by atoms with Gasteiger partial charge >= 0.3 is 0 Å². The standard InChI is InChI=1S/C26H33N3O3/c30-26(28-21-5-1-2-6-21)19-9-11-22(12-10-19)29-15-13-20(14-16-29)27-17-23-18-31-24-7-3-4-8-25(24)32-23/h3-4,7-12,20-21,23,27H,1-2,5-6,13-18H2,(H,28,30). The zero-order valence-corrected chi connectivity index (χ0v) is 18.6. The molecule has 0 spiro atoms. The summed E-state index contributed by atoms with van der Waals surface area (Å²) in [5.74, 6) is 1.72. The van der Waals surface area contributed by atoms with Gasteiger partial charge in [-0.15, -0.1) is 0 Å². The van der Waals surface area contributed by atoms with Crippen LogP contribution in [0, 0.1) is 0 Å². The number of hydrogen-bond donors (Lipinski definition) is 2. The zero-order valence-electron chi connectivity index (χ0n) is 18.6. The monoisotopic (exact) mass is 435 g/mol. The van der Waals surface area contributed by atoms with E-state index in [0.717, 1.165) is 62.4 Å². The molecule has 0 radical (unpaired) electrons. The fourth-order valence-electron chi connectivity index (χ4n) is 4.97.